The zero-order chi connectivity index (χ0) is 19.6. The standard InChI is InChI=1S/C17H21N3O6S/c1-12-10-14(18-26-12)17(21)19-6-8-20(9-7-19)27(22,23)13-4-5-15(24-2)16(11-13)25-3/h4-5,10-11H,6-9H2,1-3H3. The molecule has 146 valence electrons. The minimum atomic E-state index is -3.70. The van der Waals surface area contributed by atoms with Crippen molar-refractivity contribution in [3.8, 4) is 11.5 Å². The van der Waals surface area contributed by atoms with Crippen molar-refractivity contribution in [3.63, 3.8) is 0 Å². The lowest BCUT2D eigenvalue weighted by molar-refractivity contribution is 0.0687. The van der Waals surface area contributed by atoms with Gasteiger partial charge < -0.3 is 18.9 Å². The number of benzene rings is 1. The number of rotatable bonds is 5. The Balaban J connectivity index is 1.72. The van der Waals surface area contributed by atoms with Crippen LogP contribution in [0.5, 0.6) is 11.5 Å². The van der Waals surface area contributed by atoms with Crippen molar-refractivity contribution in [2.75, 3.05) is 40.4 Å². The lowest BCUT2D eigenvalue weighted by Crippen LogP contribution is -2.50. The van der Waals surface area contributed by atoms with E-state index >= 15 is 0 Å². The molecule has 0 radical (unpaired) electrons. The molecule has 0 spiro atoms. The third kappa shape index (κ3) is 3.76. The Morgan fingerprint density at radius 3 is 2.30 bits per heavy atom. The van der Waals surface area contributed by atoms with Crippen LogP contribution in [0.15, 0.2) is 33.7 Å². The lowest BCUT2D eigenvalue weighted by Gasteiger charge is -2.33. The number of nitrogens with zero attached hydrogens (tertiary/aromatic N) is 3. The van der Waals surface area contributed by atoms with Crippen LogP contribution in [-0.2, 0) is 10.0 Å². The quantitative estimate of drug-likeness (QED) is 0.748. The van der Waals surface area contributed by atoms with E-state index in [-0.39, 0.29) is 42.7 Å². The number of piperazine rings is 1. The average Bonchev–Trinajstić information content (AvgIpc) is 3.13. The molecule has 1 saturated heterocycles. The molecule has 0 bridgehead atoms. The van der Waals surface area contributed by atoms with Gasteiger partial charge in [0, 0.05) is 38.3 Å². The van der Waals surface area contributed by atoms with Crippen molar-refractivity contribution in [2.45, 2.75) is 11.8 Å². The van der Waals surface area contributed by atoms with Crippen LogP contribution < -0.4 is 9.47 Å². The van der Waals surface area contributed by atoms with E-state index in [0.29, 0.717) is 17.3 Å². The number of carbonyl (C=O) groups excluding carboxylic acids is 1. The van der Waals surface area contributed by atoms with Crippen LogP contribution in [0.3, 0.4) is 0 Å². The van der Waals surface area contributed by atoms with Crippen LogP contribution in [0.1, 0.15) is 16.2 Å². The van der Waals surface area contributed by atoms with Gasteiger partial charge in [0.15, 0.2) is 17.2 Å². The molecule has 3 rings (SSSR count). The van der Waals surface area contributed by atoms with Gasteiger partial charge in [0.2, 0.25) is 10.0 Å². The fourth-order valence-electron chi connectivity index (χ4n) is 2.89. The Hall–Kier alpha value is -2.59. The Morgan fingerprint density at radius 2 is 1.74 bits per heavy atom. The molecule has 10 heteroatoms. The molecule has 0 saturated carbocycles. The minimum absolute atomic E-state index is 0.118. The number of ether oxygens (including phenoxy) is 2. The summed E-state index contributed by atoms with van der Waals surface area (Å²) in [6.45, 7) is 2.64. The molecule has 1 aromatic heterocycles. The summed E-state index contributed by atoms with van der Waals surface area (Å²) < 4.78 is 42.4. The predicted octanol–water partition coefficient (Wildman–Crippen LogP) is 1.15. The van der Waals surface area contributed by atoms with Crippen LogP contribution in [0.4, 0.5) is 0 Å². The molecule has 9 nitrogen and oxygen atoms in total. The average molecular weight is 395 g/mol. The summed E-state index contributed by atoms with van der Waals surface area (Å²) in [4.78, 5) is 14.1. The summed E-state index contributed by atoms with van der Waals surface area (Å²) in [6, 6.07) is 6.03. The van der Waals surface area contributed by atoms with E-state index in [1.54, 1.807) is 24.0 Å². The molecule has 0 unspecified atom stereocenters. The summed E-state index contributed by atoms with van der Waals surface area (Å²) in [6.07, 6.45) is 0. The third-order valence-electron chi connectivity index (χ3n) is 4.37. The van der Waals surface area contributed by atoms with Gasteiger partial charge in [0.05, 0.1) is 19.1 Å². The van der Waals surface area contributed by atoms with E-state index in [1.165, 1.54) is 30.7 Å². The molecular weight excluding hydrogens is 374 g/mol. The maximum Gasteiger partial charge on any atom is 0.276 e. The monoisotopic (exact) mass is 395 g/mol. The summed E-state index contributed by atoms with van der Waals surface area (Å²) in [5.41, 5.74) is 0.226. The van der Waals surface area contributed by atoms with Crippen molar-refractivity contribution < 1.29 is 27.2 Å². The highest BCUT2D eigenvalue weighted by Gasteiger charge is 2.31. The van der Waals surface area contributed by atoms with Gasteiger partial charge >= 0.3 is 0 Å². The fraction of sp³-hybridized carbons (Fsp3) is 0.412. The third-order valence-corrected chi connectivity index (χ3v) is 6.26. The molecule has 1 fully saturated rings. The zero-order valence-corrected chi connectivity index (χ0v) is 16.2. The second-order valence-corrected chi connectivity index (χ2v) is 7.97. The van der Waals surface area contributed by atoms with Gasteiger partial charge in [-0.25, -0.2) is 8.42 Å². The molecule has 0 aliphatic carbocycles. The maximum atomic E-state index is 12.9. The highest BCUT2D eigenvalue weighted by atomic mass is 32.2. The van der Waals surface area contributed by atoms with Crippen molar-refractivity contribution in [3.05, 3.63) is 35.7 Å². The van der Waals surface area contributed by atoms with Gasteiger partial charge in [0.25, 0.3) is 5.91 Å². The van der Waals surface area contributed by atoms with E-state index in [9.17, 15) is 13.2 Å². The van der Waals surface area contributed by atoms with E-state index in [2.05, 4.69) is 5.16 Å². The Labute approximate surface area is 157 Å². The van der Waals surface area contributed by atoms with Crippen molar-refractivity contribution in [2.24, 2.45) is 0 Å². The first-order chi connectivity index (χ1) is 12.9. The van der Waals surface area contributed by atoms with E-state index < -0.39 is 10.0 Å². The number of sulfonamides is 1. The molecule has 1 aromatic carbocycles. The highest BCUT2D eigenvalue weighted by molar-refractivity contribution is 7.89. The number of hydrogen-bond donors (Lipinski definition) is 0. The second kappa shape index (κ2) is 7.57. The number of aryl methyl sites for hydroxylation is 1. The molecule has 1 aliphatic rings. The largest absolute Gasteiger partial charge is 0.493 e. The first-order valence-electron chi connectivity index (χ1n) is 8.31. The Morgan fingerprint density at radius 1 is 1.07 bits per heavy atom. The minimum Gasteiger partial charge on any atom is -0.493 e. The molecule has 27 heavy (non-hydrogen) atoms. The number of amides is 1. The summed E-state index contributed by atoms with van der Waals surface area (Å²) in [5.74, 6) is 1.08. The van der Waals surface area contributed by atoms with E-state index in [1.807, 2.05) is 0 Å². The van der Waals surface area contributed by atoms with Gasteiger partial charge in [0.1, 0.15) is 5.76 Å². The predicted molar refractivity (Wildman–Crippen MR) is 95.4 cm³/mol. The smallest absolute Gasteiger partial charge is 0.276 e. The molecule has 0 N–H and O–H groups in total. The van der Waals surface area contributed by atoms with Gasteiger partial charge in [-0.3, -0.25) is 4.79 Å². The number of aromatic nitrogens is 1. The normalized spacial score (nSPS) is 15.6. The topological polar surface area (TPSA) is 102 Å². The second-order valence-electron chi connectivity index (χ2n) is 6.04. The van der Waals surface area contributed by atoms with Gasteiger partial charge in [-0.2, -0.15) is 4.31 Å². The SMILES string of the molecule is COc1ccc(S(=O)(=O)N2CCN(C(=O)c3cc(C)on3)CC2)cc1OC. The fourth-order valence-corrected chi connectivity index (χ4v) is 4.32. The van der Waals surface area contributed by atoms with Crippen molar-refractivity contribution in [1.82, 2.24) is 14.4 Å². The Bertz CT molecular complexity index is 932. The zero-order valence-electron chi connectivity index (χ0n) is 15.3. The number of methoxy groups -OCH3 is 2. The van der Waals surface area contributed by atoms with Crippen molar-refractivity contribution >= 4 is 15.9 Å². The first kappa shape index (κ1) is 19.2. The van der Waals surface area contributed by atoms with Crippen LogP contribution >= 0.6 is 0 Å². The van der Waals surface area contributed by atoms with Crippen LogP contribution in [-0.4, -0.2) is 69.1 Å². The van der Waals surface area contributed by atoms with Gasteiger partial charge in [-0.1, -0.05) is 5.16 Å². The number of carbonyl (C=O) groups is 1. The van der Waals surface area contributed by atoms with Crippen molar-refractivity contribution in [1.29, 1.82) is 0 Å². The summed E-state index contributed by atoms with van der Waals surface area (Å²) >= 11 is 0. The van der Waals surface area contributed by atoms with E-state index in [4.69, 9.17) is 14.0 Å². The maximum absolute atomic E-state index is 12.9. The van der Waals surface area contributed by atoms with Gasteiger partial charge in [-0.15, -0.1) is 0 Å². The van der Waals surface area contributed by atoms with Crippen LogP contribution in [0, 0.1) is 6.92 Å². The lowest BCUT2D eigenvalue weighted by atomic mass is 10.3. The first-order valence-corrected chi connectivity index (χ1v) is 9.75. The highest BCUT2D eigenvalue weighted by Crippen LogP contribution is 2.30. The summed E-state index contributed by atoms with van der Waals surface area (Å²) in [7, 11) is -0.770. The molecule has 0 atom stereocenters. The Kier molecular flexibility index (Phi) is 5.38. The molecule has 2 heterocycles. The van der Waals surface area contributed by atoms with E-state index in [0.717, 1.165) is 0 Å². The summed E-state index contributed by atoms with van der Waals surface area (Å²) in [5, 5.41) is 3.72. The van der Waals surface area contributed by atoms with Crippen LogP contribution in [0.2, 0.25) is 0 Å². The van der Waals surface area contributed by atoms with Gasteiger partial charge in [-0.05, 0) is 19.1 Å². The molecule has 1 aliphatic heterocycles. The molecule has 1 amide bonds. The van der Waals surface area contributed by atoms with Crippen LogP contribution in [0.25, 0.3) is 0 Å². The number of hydrogen-bond acceptors (Lipinski definition) is 7. The molecular formula is C17H21N3O6S. The molecule has 2 aromatic rings.